The number of carbonyl (C=O) groups is 1. The molecule has 2 saturated heterocycles. The van der Waals surface area contributed by atoms with E-state index < -0.39 is 0 Å². The van der Waals surface area contributed by atoms with Crippen LogP contribution in [0.5, 0.6) is 0 Å². The van der Waals surface area contributed by atoms with Gasteiger partial charge in [0, 0.05) is 57.5 Å². The quantitative estimate of drug-likeness (QED) is 0.833. The smallest absolute Gasteiger partial charge is 0.225 e. The van der Waals surface area contributed by atoms with Crippen molar-refractivity contribution in [2.24, 2.45) is 5.92 Å². The van der Waals surface area contributed by atoms with Gasteiger partial charge < -0.3 is 15.5 Å². The number of nitrogens with one attached hydrogen (secondary N) is 2. The first-order valence-electron chi connectivity index (χ1n) is 8.26. The lowest BCUT2D eigenvalue weighted by Crippen LogP contribution is -2.55. The zero-order valence-electron chi connectivity index (χ0n) is 13.3. The van der Waals surface area contributed by atoms with Crippen molar-refractivity contribution in [3.8, 4) is 0 Å². The molecule has 2 heterocycles. The molecule has 3 rings (SSSR count). The molecule has 0 aliphatic carbocycles. The molecule has 0 spiro atoms. The van der Waals surface area contributed by atoms with Crippen LogP contribution < -0.4 is 15.5 Å². The fourth-order valence-corrected chi connectivity index (χ4v) is 3.10. The maximum Gasteiger partial charge on any atom is 0.225 e. The molecule has 1 atom stereocenters. The zero-order valence-corrected chi connectivity index (χ0v) is 13.3. The summed E-state index contributed by atoms with van der Waals surface area (Å²) >= 11 is 0. The highest BCUT2D eigenvalue weighted by Crippen LogP contribution is 2.15. The molecule has 1 aromatic rings. The van der Waals surface area contributed by atoms with Crippen LogP contribution in [0.1, 0.15) is 6.92 Å². The fraction of sp³-hybridized carbons (Fsp3) is 0.588. The van der Waals surface area contributed by atoms with Crippen LogP contribution in [-0.4, -0.2) is 62.7 Å². The largest absolute Gasteiger partial charge is 0.369 e. The van der Waals surface area contributed by atoms with Gasteiger partial charge in [0.2, 0.25) is 5.91 Å². The standard InChI is InChI=1S/C17H26N4O/c1-14(19-17(22)15-11-18-12-15)13-20-7-9-21(10-8-20)16-5-3-2-4-6-16/h2-6,14-15,18H,7-13H2,1H3,(H,19,22). The van der Waals surface area contributed by atoms with Crippen LogP contribution in [0.25, 0.3) is 0 Å². The summed E-state index contributed by atoms with van der Waals surface area (Å²) in [4.78, 5) is 16.8. The maximum absolute atomic E-state index is 11.9. The van der Waals surface area contributed by atoms with Crippen LogP contribution in [-0.2, 0) is 4.79 Å². The summed E-state index contributed by atoms with van der Waals surface area (Å²) in [6.45, 7) is 8.92. The third kappa shape index (κ3) is 3.78. The highest BCUT2D eigenvalue weighted by Gasteiger charge is 2.26. The van der Waals surface area contributed by atoms with Crippen molar-refractivity contribution in [1.29, 1.82) is 0 Å². The lowest BCUT2D eigenvalue weighted by atomic mass is 10.0. The molecule has 2 fully saturated rings. The predicted octanol–water partition coefficient (Wildman–Crippen LogP) is 0.533. The Morgan fingerprint density at radius 3 is 2.50 bits per heavy atom. The maximum atomic E-state index is 11.9. The number of hydrogen-bond donors (Lipinski definition) is 2. The molecule has 2 aliphatic heterocycles. The van der Waals surface area contributed by atoms with Crippen LogP contribution in [0.3, 0.4) is 0 Å². The van der Waals surface area contributed by atoms with E-state index in [4.69, 9.17) is 0 Å². The van der Waals surface area contributed by atoms with Gasteiger partial charge in [-0.3, -0.25) is 9.69 Å². The molecule has 5 nitrogen and oxygen atoms in total. The lowest BCUT2D eigenvalue weighted by molar-refractivity contribution is -0.127. The lowest BCUT2D eigenvalue weighted by Gasteiger charge is -2.37. The molecule has 0 aromatic heterocycles. The van der Waals surface area contributed by atoms with Gasteiger partial charge in [0.05, 0.1) is 5.92 Å². The number of para-hydroxylation sites is 1. The minimum absolute atomic E-state index is 0.178. The number of amides is 1. The number of benzene rings is 1. The summed E-state index contributed by atoms with van der Waals surface area (Å²) in [6.07, 6.45) is 0. The molecule has 120 valence electrons. The summed E-state index contributed by atoms with van der Waals surface area (Å²) in [5, 5.41) is 6.28. The predicted molar refractivity (Wildman–Crippen MR) is 89.1 cm³/mol. The molecular formula is C17H26N4O. The van der Waals surface area contributed by atoms with Crippen molar-refractivity contribution in [3.05, 3.63) is 30.3 Å². The van der Waals surface area contributed by atoms with Gasteiger partial charge in [0.25, 0.3) is 0 Å². The van der Waals surface area contributed by atoms with E-state index >= 15 is 0 Å². The van der Waals surface area contributed by atoms with E-state index in [0.29, 0.717) is 0 Å². The van der Waals surface area contributed by atoms with Crippen molar-refractivity contribution in [3.63, 3.8) is 0 Å². The Balaban J connectivity index is 1.40. The Bertz CT molecular complexity index is 481. The van der Waals surface area contributed by atoms with Gasteiger partial charge in [0.1, 0.15) is 0 Å². The summed E-state index contributed by atoms with van der Waals surface area (Å²) in [7, 11) is 0. The van der Waals surface area contributed by atoms with Crippen molar-refractivity contribution >= 4 is 11.6 Å². The minimum atomic E-state index is 0.178. The molecule has 5 heteroatoms. The molecule has 1 unspecified atom stereocenters. The molecule has 1 amide bonds. The van der Waals surface area contributed by atoms with E-state index in [9.17, 15) is 4.79 Å². The average Bonchev–Trinajstić information content (AvgIpc) is 2.47. The van der Waals surface area contributed by atoms with Crippen LogP contribution in [0.2, 0.25) is 0 Å². The van der Waals surface area contributed by atoms with Crippen LogP contribution >= 0.6 is 0 Å². The van der Waals surface area contributed by atoms with E-state index in [2.05, 4.69) is 57.7 Å². The van der Waals surface area contributed by atoms with E-state index in [1.807, 2.05) is 0 Å². The molecule has 22 heavy (non-hydrogen) atoms. The van der Waals surface area contributed by atoms with Crippen molar-refractivity contribution in [2.75, 3.05) is 50.7 Å². The molecule has 0 bridgehead atoms. The summed E-state index contributed by atoms with van der Waals surface area (Å²) in [5.74, 6) is 0.381. The second-order valence-electron chi connectivity index (χ2n) is 6.39. The molecule has 2 N–H and O–H groups in total. The zero-order chi connectivity index (χ0) is 15.4. The van der Waals surface area contributed by atoms with Gasteiger partial charge in [0.15, 0.2) is 0 Å². The first-order valence-corrected chi connectivity index (χ1v) is 8.26. The first kappa shape index (κ1) is 15.3. The molecular weight excluding hydrogens is 276 g/mol. The highest BCUT2D eigenvalue weighted by molar-refractivity contribution is 5.80. The summed E-state index contributed by atoms with van der Waals surface area (Å²) in [6, 6.07) is 10.8. The first-order chi connectivity index (χ1) is 10.7. The average molecular weight is 302 g/mol. The molecule has 0 saturated carbocycles. The van der Waals surface area contributed by atoms with Gasteiger partial charge in [-0.2, -0.15) is 0 Å². The van der Waals surface area contributed by atoms with Crippen LogP contribution in [0.15, 0.2) is 30.3 Å². The normalized spacial score (nSPS) is 21.2. The summed E-state index contributed by atoms with van der Waals surface area (Å²) < 4.78 is 0. The van der Waals surface area contributed by atoms with Gasteiger partial charge in [-0.25, -0.2) is 0 Å². The summed E-state index contributed by atoms with van der Waals surface area (Å²) in [5.41, 5.74) is 1.31. The Labute approximate surface area is 132 Å². The molecule has 0 radical (unpaired) electrons. The third-order valence-electron chi connectivity index (χ3n) is 4.57. The highest BCUT2D eigenvalue weighted by atomic mass is 16.2. The third-order valence-corrected chi connectivity index (χ3v) is 4.57. The number of piperazine rings is 1. The number of nitrogens with zero attached hydrogens (tertiary/aromatic N) is 2. The van der Waals surface area contributed by atoms with Crippen LogP contribution in [0.4, 0.5) is 5.69 Å². The Morgan fingerprint density at radius 2 is 1.91 bits per heavy atom. The van der Waals surface area contributed by atoms with E-state index in [1.165, 1.54) is 5.69 Å². The number of anilines is 1. The number of rotatable bonds is 5. The fourth-order valence-electron chi connectivity index (χ4n) is 3.10. The number of hydrogen-bond acceptors (Lipinski definition) is 4. The van der Waals surface area contributed by atoms with Crippen LogP contribution in [0, 0.1) is 5.92 Å². The Morgan fingerprint density at radius 1 is 1.23 bits per heavy atom. The topological polar surface area (TPSA) is 47.6 Å². The van der Waals surface area contributed by atoms with Crippen molar-refractivity contribution < 1.29 is 4.79 Å². The molecule has 2 aliphatic rings. The minimum Gasteiger partial charge on any atom is -0.369 e. The van der Waals surface area contributed by atoms with E-state index in [1.54, 1.807) is 0 Å². The van der Waals surface area contributed by atoms with Gasteiger partial charge in [-0.1, -0.05) is 18.2 Å². The monoisotopic (exact) mass is 302 g/mol. The van der Waals surface area contributed by atoms with Crippen molar-refractivity contribution in [1.82, 2.24) is 15.5 Å². The van der Waals surface area contributed by atoms with Gasteiger partial charge in [-0.15, -0.1) is 0 Å². The van der Waals surface area contributed by atoms with E-state index in [0.717, 1.165) is 45.8 Å². The molecule has 1 aromatic carbocycles. The SMILES string of the molecule is CC(CN1CCN(c2ccccc2)CC1)NC(=O)C1CNC1. The number of carbonyl (C=O) groups excluding carboxylic acids is 1. The van der Waals surface area contributed by atoms with Crippen molar-refractivity contribution in [2.45, 2.75) is 13.0 Å². The second-order valence-corrected chi connectivity index (χ2v) is 6.39. The second kappa shape index (κ2) is 7.11. The van der Waals surface area contributed by atoms with Gasteiger partial charge in [-0.05, 0) is 19.1 Å². The Kier molecular flexibility index (Phi) is 4.95. The van der Waals surface area contributed by atoms with E-state index in [-0.39, 0.29) is 17.9 Å². The van der Waals surface area contributed by atoms with Gasteiger partial charge >= 0.3 is 0 Å². The Hall–Kier alpha value is -1.59.